The van der Waals surface area contributed by atoms with Crippen molar-refractivity contribution in [3.8, 4) is 0 Å². The minimum Gasteiger partial charge on any atom is -0.444 e. The largest absolute Gasteiger partial charge is 0.444 e. The Bertz CT molecular complexity index is 747. The number of anilines is 1. The second-order valence-corrected chi connectivity index (χ2v) is 9.59. The van der Waals surface area contributed by atoms with Crippen LogP contribution in [-0.4, -0.2) is 73.8 Å². The van der Waals surface area contributed by atoms with Crippen molar-refractivity contribution in [2.45, 2.75) is 52.2 Å². The summed E-state index contributed by atoms with van der Waals surface area (Å²) in [6.07, 6.45) is 1.94. The summed E-state index contributed by atoms with van der Waals surface area (Å²) in [4.78, 5) is 31.1. The molecule has 0 aliphatic carbocycles. The number of hydrogen-bond donors (Lipinski definition) is 0. The molecule has 0 unspecified atom stereocenters. The molecule has 2 aliphatic heterocycles. The Morgan fingerprint density at radius 2 is 1.74 bits per heavy atom. The number of carbonyl (C=O) groups is 2. The Hall–Kier alpha value is -2.28. The molecule has 1 aromatic rings. The minimum atomic E-state index is -0.482. The lowest BCUT2D eigenvalue weighted by Crippen LogP contribution is -2.42. The maximum Gasteiger partial charge on any atom is 0.410 e. The number of ether oxygens (including phenoxy) is 2. The molecule has 0 aromatic heterocycles. The number of likely N-dealkylation sites (tertiary alicyclic amines) is 1. The fourth-order valence-electron chi connectivity index (χ4n) is 4.15. The minimum absolute atomic E-state index is 0.160. The van der Waals surface area contributed by atoms with Crippen LogP contribution in [0.3, 0.4) is 0 Å². The molecule has 1 aromatic carbocycles. The van der Waals surface area contributed by atoms with Crippen molar-refractivity contribution >= 4 is 17.7 Å². The Balaban J connectivity index is 1.49. The van der Waals surface area contributed by atoms with Gasteiger partial charge < -0.3 is 24.2 Å². The summed E-state index contributed by atoms with van der Waals surface area (Å²) < 4.78 is 10.9. The lowest BCUT2D eigenvalue weighted by atomic mass is 9.93. The van der Waals surface area contributed by atoms with Crippen LogP contribution in [0.25, 0.3) is 0 Å². The van der Waals surface area contributed by atoms with Crippen LogP contribution in [0.15, 0.2) is 24.3 Å². The Morgan fingerprint density at radius 1 is 1.10 bits per heavy atom. The van der Waals surface area contributed by atoms with Gasteiger partial charge in [0.2, 0.25) is 5.91 Å². The zero-order chi connectivity index (χ0) is 22.4. The van der Waals surface area contributed by atoms with Crippen LogP contribution in [0.2, 0.25) is 0 Å². The number of hydrogen-bond acceptors (Lipinski definition) is 5. The van der Waals surface area contributed by atoms with E-state index in [-0.39, 0.29) is 12.0 Å². The number of piperidine rings is 1. The average molecular weight is 432 g/mol. The van der Waals surface area contributed by atoms with Gasteiger partial charge in [-0.05, 0) is 51.2 Å². The molecule has 31 heavy (non-hydrogen) atoms. The molecule has 7 heteroatoms. The molecule has 0 N–H and O–H groups in total. The summed E-state index contributed by atoms with van der Waals surface area (Å²) >= 11 is 0. The molecule has 0 bridgehead atoms. The van der Waals surface area contributed by atoms with E-state index in [1.165, 1.54) is 11.3 Å². The molecule has 2 fully saturated rings. The third-order valence-electron chi connectivity index (χ3n) is 5.91. The van der Waals surface area contributed by atoms with Crippen molar-refractivity contribution in [1.29, 1.82) is 0 Å². The molecule has 2 saturated heterocycles. The highest BCUT2D eigenvalue weighted by Gasteiger charge is 2.28. The first-order chi connectivity index (χ1) is 14.7. The fourth-order valence-corrected chi connectivity index (χ4v) is 4.15. The van der Waals surface area contributed by atoms with Crippen LogP contribution in [0.4, 0.5) is 10.5 Å². The quantitative estimate of drug-likeness (QED) is 0.714. The molecular weight excluding hydrogens is 394 g/mol. The van der Waals surface area contributed by atoms with Gasteiger partial charge in [-0.2, -0.15) is 0 Å². The van der Waals surface area contributed by atoms with Gasteiger partial charge in [-0.1, -0.05) is 18.2 Å². The third-order valence-corrected chi connectivity index (χ3v) is 5.91. The number of para-hydroxylation sites is 1. The van der Waals surface area contributed by atoms with Gasteiger partial charge in [-0.15, -0.1) is 0 Å². The maximum atomic E-state index is 12.9. The summed E-state index contributed by atoms with van der Waals surface area (Å²) in [7, 11) is 1.88. The smallest absolute Gasteiger partial charge is 0.410 e. The topological polar surface area (TPSA) is 62.3 Å². The highest BCUT2D eigenvalue weighted by atomic mass is 16.6. The predicted molar refractivity (Wildman–Crippen MR) is 121 cm³/mol. The Kier molecular flexibility index (Phi) is 7.81. The Labute approximate surface area is 186 Å². The summed E-state index contributed by atoms with van der Waals surface area (Å²) in [6, 6.07) is 8.32. The van der Waals surface area contributed by atoms with Gasteiger partial charge in [0, 0.05) is 51.9 Å². The standard InChI is InChI=1S/C24H37N3O4/c1-24(2,3)31-23(29)27-11-9-19(10-12-27)17-22(28)25(4)18-20-7-5-6-8-21(20)26-13-15-30-16-14-26/h5-8,19H,9-18H2,1-4H3. The lowest BCUT2D eigenvalue weighted by Gasteiger charge is -2.34. The molecule has 0 radical (unpaired) electrons. The highest BCUT2D eigenvalue weighted by Crippen LogP contribution is 2.25. The number of morpholine rings is 1. The van der Waals surface area contributed by atoms with E-state index >= 15 is 0 Å². The normalized spacial score (nSPS) is 18.1. The van der Waals surface area contributed by atoms with Gasteiger partial charge in [0.1, 0.15) is 5.60 Å². The zero-order valence-corrected chi connectivity index (χ0v) is 19.4. The van der Waals surface area contributed by atoms with E-state index in [2.05, 4.69) is 23.1 Å². The number of carbonyl (C=O) groups excluding carboxylic acids is 2. The Morgan fingerprint density at radius 3 is 2.39 bits per heavy atom. The number of rotatable bonds is 5. The van der Waals surface area contributed by atoms with E-state index in [0.29, 0.717) is 32.0 Å². The molecule has 0 saturated carbocycles. The SMILES string of the molecule is CN(Cc1ccccc1N1CCOCC1)C(=O)CC1CCN(C(=O)OC(C)(C)C)CC1. The van der Waals surface area contributed by atoms with Gasteiger partial charge in [0.25, 0.3) is 0 Å². The van der Waals surface area contributed by atoms with E-state index in [9.17, 15) is 9.59 Å². The van der Waals surface area contributed by atoms with Crippen molar-refractivity contribution < 1.29 is 19.1 Å². The third kappa shape index (κ3) is 6.86. The monoisotopic (exact) mass is 431 g/mol. The first-order valence-corrected chi connectivity index (χ1v) is 11.4. The van der Waals surface area contributed by atoms with Crippen LogP contribution >= 0.6 is 0 Å². The van der Waals surface area contributed by atoms with Crippen molar-refractivity contribution in [3.63, 3.8) is 0 Å². The predicted octanol–water partition coefficient (Wildman–Crippen LogP) is 3.52. The zero-order valence-electron chi connectivity index (χ0n) is 19.4. The van der Waals surface area contributed by atoms with Crippen molar-refractivity contribution in [2.75, 3.05) is 51.3 Å². The van der Waals surface area contributed by atoms with Crippen molar-refractivity contribution in [2.24, 2.45) is 5.92 Å². The molecular formula is C24H37N3O4. The number of amides is 2. The van der Waals surface area contributed by atoms with Crippen LogP contribution in [-0.2, 0) is 20.8 Å². The first kappa shape index (κ1) is 23.4. The molecule has 2 aliphatic rings. The molecule has 0 atom stereocenters. The van der Waals surface area contributed by atoms with E-state index in [0.717, 1.165) is 39.1 Å². The molecule has 2 heterocycles. The van der Waals surface area contributed by atoms with E-state index in [1.54, 1.807) is 4.90 Å². The van der Waals surface area contributed by atoms with Crippen LogP contribution in [0.1, 0.15) is 45.6 Å². The van der Waals surface area contributed by atoms with E-state index in [4.69, 9.17) is 9.47 Å². The summed E-state index contributed by atoms with van der Waals surface area (Å²) in [6.45, 7) is 10.8. The van der Waals surface area contributed by atoms with Gasteiger partial charge in [0.15, 0.2) is 0 Å². The van der Waals surface area contributed by atoms with Crippen LogP contribution in [0.5, 0.6) is 0 Å². The number of nitrogens with zero attached hydrogens (tertiary/aromatic N) is 3. The van der Waals surface area contributed by atoms with E-state index < -0.39 is 5.60 Å². The van der Waals surface area contributed by atoms with Crippen molar-refractivity contribution in [1.82, 2.24) is 9.80 Å². The average Bonchev–Trinajstić information content (AvgIpc) is 2.74. The summed E-state index contributed by atoms with van der Waals surface area (Å²) in [5.41, 5.74) is 1.88. The molecule has 3 rings (SSSR count). The summed E-state index contributed by atoms with van der Waals surface area (Å²) in [5, 5.41) is 0. The van der Waals surface area contributed by atoms with Crippen LogP contribution < -0.4 is 4.90 Å². The van der Waals surface area contributed by atoms with Gasteiger partial charge in [-0.3, -0.25) is 4.79 Å². The molecule has 7 nitrogen and oxygen atoms in total. The molecule has 2 amide bonds. The fraction of sp³-hybridized carbons (Fsp3) is 0.667. The number of benzene rings is 1. The van der Waals surface area contributed by atoms with Crippen molar-refractivity contribution in [3.05, 3.63) is 29.8 Å². The van der Waals surface area contributed by atoms with Gasteiger partial charge >= 0.3 is 6.09 Å². The molecule has 172 valence electrons. The summed E-state index contributed by atoms with van der Waals surface area (Å²) in [5.74, 6) is 0.468. The lowest BCUT2D eigenvalue weighted by molar-refractivity contribution is -0.131. The van der Waals surface area contributed by atoms with Gasteiger partial charge in [0.05, 0.1) is 13.2 Å². The highest BCUT2D eigenvalue weighted by molar-refractivity contribution is 5.76. The second-order valence-electron chi connectivity index (χ2n) is 9.59. The molecule has 0 spiro atoms. The van der Waals surface area contributed by atoms with E-state index in [1.807, 2.05) is 38.8 Å². The van der Waals surface area contributed by atoms with Crippen LogP contribution in [0, 0.1) is 5.92 Å². The van der Waals surface area contributed by atoms with Gasteiger partial charge in [-0.25, -0.2) is 4.79 Å². The first-order valence-electron chi connectivity index (χ1n) is 11.4. The second kappa shape index (κ2) is 10.4. The maximum absolute atomic E-state index is 12.9.